The number of carbonyl (C=O) groups excluding carboxylic acids is 1. The highest BCUT2D eigenvalue weighted by Crippen LogP contribution is 2.32. The zero-order chi connectivity index (χ0) is 11.5. The molecule has 0 amide bonds. The highest BCUT2D eigenvalue weighted by atomic mass is 19.1. The van der Waals surface area contributed by atoms with Crippen LogP contribution in [0.2, 0.25) is 0 Å². The minimum Gasteiger partial charge on any atom is -0.469 e. The van der Waals surface area contributed by atoms with E-state index >= 15 is 0 Å². The number of hydrogen-bond acceptors (Lipinski definition) is 3. The molecule has 1 aliphatic carbocycles. The van der Waals surface area contributed by atoms with E-state index in [4.69, 9.17) is 0 Å². The largest absolute Gasteiger partial charge is 0.469 e. The van der Waals surface area contributed by atoms with Gasteiger partial charge in [0.1, 0.15) is 0 Å². The number of allylic oxidation sites excluding steroid dienone is 2. The second-order valence-electron chi connectivity index (χ2n) is 3.76. The highest BCUT2D eigenvalue weighted by molar-refractivity contribution is 5.79. The Bertz CT molecular complexity index is 425. The zero-order valence-corrected chi connectivity index (χ0v) is 8.94. The monoisotopic (exact) mass is 221 g/mol. The molecule has 1 aromatic rings. The van der Waals surface area contributed by atoms with Crippen molar-refractivity contribution >= 4 is 11.5 Å². The van der Waals surface area contributed by atoms with E-state index in [1.54, 1.807) is 6.07 Å². The molecule has 84 valence electrons. The summed E-state index contributed by atoms with van der Waals surface area (Å²) in [6.45, 7) is 0. The molecule has 0 fully saturated rings. The molecule has 0 saturated heterocycles. The van der Waals surface area contributed by atoms with Crippen molar-refractivity contribution < 1.29 is 13.9 Å². The molecular weight excluding hydrogens is 209 g/mol. The number of pyridine rings is 1. The van der Waals surface area contributed by atoms with Gasteiger partial charge in [0.15, 0.2) is 0 Å². The first kappa shape index (κ1) is 10.8. The van der Waals surface area contributed by atoms with Gasteiger partial charge >= 0.3 is 5.97 Å². The first-order valence-corrected chi connectivity index (χ1v) is 5.09. The number of methoxy groups -OCH3 is 1. The van der Waals surface area contributed by atoms with Crippen molar-refractivity contribution in [2.75, 3.05) is 7.11 Å². The van der Waals surface area contributed by atoms with Crippen LogP contribution in [0.4, 0.5) is 4.39 Å². The molecule has 0 aliphatic heterocycles. The van der Waals surface area contributed by atoms with Crippen LogP contribution >= 0.6 is 0 Å². The van der Waals surface area contributed by atoms with Gasteiger partial charge in [0, 0.05) is 6.20 Å². The first-order chi connectivity index (χ1) is 7.70. The van der Waals surface area contributed by atoms with Crippen LogP contribution in [0, 0.1) is 11.9 Å². The zero-order valence-electron chi connectivity index (χ0n) is 8.94. The third-order valence-electron chi connectivity index (χ3n) is 2.75. The third kappa shape index (κ3) is 2.10. The van der Waals surface area contributed by atoms with Crippen LogP contribution in [0.25, 0.3) is 5.57 Å². The van der Waals surface area contributed by atoms with E-state index in [2.05, 4.69) is 9.72 Å². The molecule has 0 aromatic carbocycles. The number of nitrogens with zero attached hydrogens (tertiary/aromatic N) is 1. The molecule has 0 saturated carbocycles. The number of aromatic nitrogens is 1. The lowest BCUT2D eigenvalue weighted by Gasteiger charge is -2.07. The minimum atomic E-state index is -0.494. The molecule has 4 heteroatoms. The van der Waals surface area contributed by atoms with E-state index in [0.717, 1.165) is 11.1 Å². The van der Waals surface area contributed by atoms with Gasteiger partial charge in [0.2, 0.25) is 5.95 Å². The summed E-state index contributed by atoms with van der Waals surface area (Å²) in [5, 5.41) is 0. The lowest BCUT2D eigenvalue weighted by Crippen LogP contribution is -2.12. The van der Waals surface area contributed by atoms with Crippen molar-refractivity contribution in [1.82, 2.24) is 4.98 Å². The summed E-state index contributed by atoms with van der Waals surface area (Å²) in [4.78, 5) is 14.9. The molecule has 16 heavy (non-hydrogen) atoms. The van der Waals surface area contributed by atoms with E-state index in [1.807, 2.05) is 6.08 Å². The molecule has 0 N–H and O–H groups in total. The predicted molar refractivity (Wildman–Crippen MR) is 56.9 cm³/mol. The van der Waals surface area contributed by atoms with Gasteiger partial charge in [-0.2, -0.15) is 4.39 Å². The van der Waals surface area contributed by atoms with Crippen LogP contribution < -0.4 is 0 Å². The number of ether oxygens (including phenoxy) is 1. The molecule has 3 nitrogen and oxygen atoms in total. The fourth-order valence-electron chi connectivity index (χ4n) is 1.86. The van der Waals surface area contributed by atoms with Crippen molar-refractivity contribution in [2.24, 2.45) is 5.92 Å². The van der Waals surface area contributed by atoms with Crippen LogP contribution in [0.15, 0.2) is 24.4 Å². The Morgan fingerprint density at radius 2 is 2.38 bits per heavy atom. The molecule has 1 aliphatic rings. The molecule has 0 spiro atoms. The van der Waals surface area contributed by atoms with E-state index < -0.39 is 5.95 Å². The Labute approximate surface area is 93.0 Å². The average Bonchev–Trinajstić information content (AvgIpc) is 2.78. The topological polar surface area (TPSA) is 39.2 Å². The molecule has 1 atom stereocenters. The molecule has 1 heterocycles. The normalized spacial score (nSPS) is 19.4. The van der Waals surface area contributed by atoms with Crippen LogP contribution in [-0.4, -0.2) is 18.1 Å². The van der Waals surface area contributed by atoms with E-state index in [-0.39, 0.29) is 11.9 Å². The van der Waals surface area contributed by atoms with E-state index in [9.17, 15) is 9.18 Å². The lowest BCUT2D eigenvalue weighted by molar-refractivity contribution is -0.144. The standard InChI is InChI=1S/C12H12FNO2/c1-16-12(15)9-3-2-8(6-9)10-4-5-11(13)14-7-10/h2,4-5,7,9H,3,6H2,1H3. The van der Waals surface area contributed by atoms with Crippen molar-refractivity contribution in [3.8, 4) is 0 Å². The van der Waals surface area contributed by atoms with Gasteiger partial charge in [0.25, 0.3) is 0 Å². The first-order valence-electron chi connectivity index (χ1n) is 5.09. The molecular formula is C12H12FNO2. The lowest BCUT2D eigenvalue weighted by atomic mass is 10.0. The Kier molecular flexibility index (Phi) is 2.99. The Hall–Kier alpha value is -1.71. The fraction of sp³-hybridized carbons (Fsp3) is 0.333. The summed E-state index contributed by atoms with van der Waals surface area (Å²) in [7, 11) is 1.39. The maximum absolute atomic E-state index is 12.6. The van der Waals surface area contributed by atoms with E-state index in [0.29, 0.717) is 12.8 Å². The SMILES string of the molecule is COC(=O)C1CC=C(c2ccc(F)nc2)C1. The van der Waals surface area contributed by atoms with Crippen LogP contribution in [0.1, 0.15) is 18.4 Å². The smallest absolute Gasteiger partial charge is 0.309 e. The fourth-order valence-corrected chi connectivity index (χ4v) is 1.86. The predicted octanol–water partition coefficient (Wildman–Crippen LogP) is 2.19. The number of hydrogen-bond donors (Lipinski definition) is 0. The second kappa shape index (κ2) is 4.43. The minimum absolute atomic E-state index is 0.106. The van der Waals surface area contributed by atoms with Gasteiger partial charge in [-0.25, -0.2) is 4.98 Å². The van der Waals surface area contributed by atoms with Gasteiger partial charge < -0.3 is 4.74 Å². The van der Waals surface area contributed by atoms with Crippen molar-refractivity contribution in [1.29, 1.82) is 0 Å². The van der Waals surface area contributed by atoms with Crippen LogP contribution in [0.3, 0.4) is 0 Å². The van der Waals surface area contributed by atoms with Crippen molar-refractivity contribution in [3.05, 3.63) is 35.9 Å². The van der Waals surface area contributed by atoms with Gasteiger partial charge in [-0.3, -0.25) is 4.79 Å². The summed E-state index contributed by atoms with van der Waals surface area (Å²) in [6.07, 6.45) is 4.79. The van der Waals surface area contributed by atoms with Crippen molar-refractivity contribution in [2.45, 2.75) is 12.8 Å². The molecule has 1 aromatic heterocycles. The maximum Gasteiger partial charge on any atom is 0.309 e. The Balaban J connectivity index is 2.08. The number of esters is 1. The molecule has 1 unspecified atom stereocenters. The molecule has 2 rings (SSSR count). The summed E-state index contributed by atoms with van der Waals surface area (Å²) in [5.41, 5.74) is 1.90. The quantitative estimate of drug-likeness (QED) is 0.567. The summed E-state index contributed by atoms with van der Waals surface area (Å²) in [6, 6.07) is 3.00. The number of halogens is 1. The highest BCUT2D eigenvalue weighted by Gasteiger charge is 2.25. The Morgan fingerprint density at radius 3 is 3.00 bits per heavy atom. The van der Waals surface area contributed by atoms with Gasteiger partial charge in [-0.1, -0.05) is 6.08 Å². The Morgan fingerprint density at radius 1 is 1.56 bits per heavy atom. The van der Waals surface area contributed by atoms with Crippen LogP contribution in [-0.2, 0) is 9.53 Å². The number of rotatable bonds is 2. The molecule has 0 radical (unpaired) electrons. The summed E-state index contributed by atoms with van der Waals surface area (Å²) < 4.78 is 17.3. The van der Waals surface area contributed by atoms with Crippen LogP contribution in [0.5, 0.6) is 0 Å². The summed E-state index contributed by atoms with van der Waals surface area (Å²) in [5.74, 6) is -0.793. The van der Waals surface area contributed by atoms with Gasteiger partial charge in [-0.05, 0) is 36.1 Å². The van der Waals surface area contributed by atoms with Gasteiger partial charge in [0.05, 0.1) is 13.0 Å². The second-order valence-corrected chi connectivity index (χ2v) is 3.76. The average molecular weight is 221 g/mol. The molecule has 0 bridgehead atoms. The maximum atomic E-state index is 12.6. The number of carbonyl (C=O) groups is 1. The summed E-state index contributed by atoms with van der Waals surface area (Å²) >= 11 is 0. The van der Waals surface area contributed by atoms with Crippen molar-refractivity contribution in [3.63, 3.8) is 0 Å². The third-order valence-corrected chi connectivity index (χ3v) is 2.75. The van der Waals surface area contributed by atoms with E-state index in [1.165, 1.54) is 19.4 Å². The van der Waals surface area contributed by atoms with Gasteiger partial charge in [-0.15, -0.1) is 0 Å².